The van der Waals surface area contributed by atoms with Crippen LogP contribution in [-0.2, 0) is 6.42 Å². The molecular formula is C14H21FN2. The average molecular weight is 236 g/mol. The zero-order chi connectivity index (χ0) is 12.3. The summed E-state index contributed by atoms with van der Waals surface area (Å²) < 4.78 is 13.7. The molecule has 0 spiro atoms. The zero-order valence-electron chi connectivity index (χ0n) is 10.7. The van der Waals surface area contributed by atoms with Crippen molar-refractivity contribution in [3.8, 4) is 0 Å². The van der Waals surface area contributed by atoms with Crippen LogP contribution in [-0.4, -0.2) is 37.6 Å². The SMILES string of the molecule is CNC1(Cc2ccccc2F)CCCN(C)C1. The van der Waals surface area contributed by atoms with E-state index in [-0.39, 0.29) is 11.4 Å². The third kappa shape index (κ3) is 2.85. The molecule has 1 aliphatic heterocycles. The zero-order valence-corrected chi connectivity index (χ0v) is 10.7. The van der Waals surface area contributed by atoms with Gasteiger partial charge in [0.1, 0.15) is 5.82 Å². The minimum absolute atomic E-state index is 0.0230. The minimum atomic E-state index is -0.0876. The number of hydrogen-bond donors (Lipinski definition) is 1. The Kier molecular flexibility index (Phi) is 3.79. The number of rotatable bonds is 3. The van der Waals surface area contributed by atoms with Gasteiger partial charge in [-0.25, -0.2) is 4.39 Å². The molecule has 1 N–H and O–H groups in total. The smallest absolute Gasteiger partial charge is 0.126 e. The fourth-order valence-corrected chi connectivity index (χ4v) is 2.81. The number of hydrogen-bond acceptors (Lipinski definition) is 2. The van der Waals surface area contributed by atoms with Crippen LogP contribution < -0.4 is 5.32 Å². The van der Waals surface area contributed by atoms with Crippen molar-refractivity contribution in [3.05, 3.63) is 35.6 Å². The quantitative estimate of drug-likeness (QED) is 0.864. The normalized spacial score (nSPS) is 26.1. The summed E-state index contributed by atoms with van der Waals surface area (Å²) in [6.07, 6.45) is 3.05. The predicted molar refractivity (Wildman–Crippen MR) is 68.6 cm³/mol. The second-order valence-corrected chi connectivity index (χ2v) is 5.14. The number of likely N-dealkylation sites (N-methyl/N-ethyl adjacent to an activating group) is 2. The third-order valence-electron chi connectivity index (χ3n) is 3.78. The van der Waals surface area contributed by atoms with Gasteiger partial charge in [-0.3, -0.25) is 0 Å². The lowest BCUT2D eigenvalue weighted by atomic mass is 9.83. The summed E-state index contributed by atoms with van der Waals surface area (Å²) in [5.41, 5.74) is 0.840. The van der Waals surface area contributed by atoms with Crippen molar-refractivity contribution in [1.29, 1.82) is 0 Å². The van der Waals surface area contributed by atoms with Gasteiger partial charge in [-0.15, -0.1) is 0 Å². The third-order valence-corrected chi connectivity index (χ3v) is 3.78. The molecule has 1 saturated heterocycles. The van der Waals surface area contributed by atoms with Crippen molar-refractivity contribution in [2.24, 2.45) is 0 Å². The van der Waals surface area contributed by atoms with Gasteiger partial charge in [0.2, 0.25) is 0 Å². The van der Waals surface area contributed by atoms with E-state index in [4.69, 9.17) is 0 Å². The van der Waals surface area contributed by atoms with E-state index < -0.39 is 0 Å². The van der Waals surface area contributed by atoms with Gasteiger partial charge < -0.3 is 10.2 Å². The van der Waals surface area contributed by atoms with E-state index in [1.54, 1.807) is 12.1 Å². The maximum Gasteiger partial charge on any atom is 0.126 e. The summed E-state index contributed by atoms with van der Waals surface area (Å²) in [4.78, 5) is 2.32. The van der Waals surface area contributed by atoms with Crippen LogP contribution in [0.1, 0.15) is 18.4 Å². The van der Waals surface area contributed by atoms with E-state index in [9.17, 15) is 4.39 Å². The van der Waals surface area contributed by atoms with E-state index >= 15 is 0 Å². The van der Waals surface area contributed by atoms with Gasteiger partial charge in [0.25, 0.3) is 0 Å². The summed E-state index contributed by atoms with van der Waals surface area (Å²) in [5, 5.41) is 3.42. The average Bonchev–Trinajstić information content (AvgIpc) is 2.32. The Morgan fingerprint density at radius 2 is 2.18 bits per heavy atom. The molecule has 1 aromatic rings. The van der Waals surface area contributed by atoms with Gasteiger partial charge in [0.15, 0.2) is 0 Å². The van der Waals surface area contributed by atoms with Crippen LogP contribution in [0, 0.1) is 5.82 Å². The highest BCUT2D eigenvalue weighted by atomic mass is 19.1. The molecule has 0 amide bonds. The Bertz CT molecular complexity index is 380. The maximum absolute atomic E-state index is 13.7. The molecule has 0 radical (unpaired) electrons. The van der Waals surface area contributed by atoms with Gasteiger partial charge >= 0.3 is 0 Å². The molecule has 0 aromatic heterocycles. The van der Waals surface area contributed by atoms with Crippen molar-refractivity contribution in [1.82, 2.24) is 10.2 Å². The molecule has 0 saturated carbocycles. The Morgan fingerprint density at radius 1 is 1.41 bits per heavy atom. The molecule has 1 atom stereocenters. The molecule has 1 unspecified atom stereocenters. The maximum atomic E-state index is 13.7. The lowest BCUT2D eigenvalue weighted by Crippen LogP contribution is -2.56. The Balaban J connectivity index is 2.17. The predicted octanol–water partition coefficient (Wildman–Crippen LogP) is 2.05. The fraction of sp³-hybridized carbons (Fsp3) is 0.571. The monoisotopic (exact) mass is 236 g/mol. The summed E-state index contributed by atoms with van der Waals surface area (Å²) in [6, 6.07) is 7.10. The number of piperidine rings is 1. The van der Waals surface area contributed by atoms with Crippen LogP contribution >= 0.6 is 0 Å². The first-order valence-electron chi connectivity index (χ1n) is 6.26. The molecule has 3 heteroatoms. The Morgan fingerprint density at radius 3 is 2.82 bits per heavy atom. The summed E-state index contributed by atoms with van der Waals surface area (Å²) in [7, 11) is 4.12. The standard InChI is InChI=1S/C14H21FN2/c1-16-14(8-5-9-17(2)11-14)10-12-6-3-4-7-13(12)15/h3-4,6-7,16H,5,8-11H2,1-2H3. The van der Waals surface area contributed by atoms with Gasteiger partial charge in [-0.1, -0.05) is 18.2 Å². The largest absolute Gasteiger partial charge is 0.313 e. The number of nitrogens with zero attached hydrogens (tertiary/aromatic N) is 1. The van der Waals surface area contributed by atoms with E-state index in [1.165, 1.54) is 6.42 Å². The van der Waals surface area contributed by atoms with Crippen molar-refractivity contribution in [3.63, 3.8) is 0 Å². The van der Waals surface area contributed by atoms with Gasteiger partial charge in [-0.05, 0) is 51.5 Å². The molecule has 0 bridgehead atoms. The fourth-order valence-electron chi connectivity index (χ4n) is 2.81. The van der Waals surface area contributed by atoms with Crippen LogP contribution in [0.5, 0.6) is 0 Å². The topological polar surface area (TPSA) is 15.3 Å². The summed E-state index contributed by atoms with van der Waals surface area (Å²) in [5.74, 6) is -0.0876. The number of halogens is 1. The van der Waals surface area contributed by atoms with Crippen molar-refractivity contribution in [2.75, 3.05) is 27.2 Å². The van der Waals surface area contributed by atoms with E-state index in [0.29, 0.717) is 0 Å². The second kappa shape index (κ2) is 5.15. The highest BCUT2D eigenvalue weighted by molar-refractivity contribution is 5.20. The van der Waals surface area contributed by atoms with Crippen LogP contribution in [0.3, 0.4) is 0 Å². The molecule has 94 valence electrons. The first kappa shape index (κ1) is 12.5. The number of nitrogens with one attached hydrogen (secondary N) is 1. The lowest BCUT2D eigenvalue weighted by Gasteiger charge is -2.41. The highest BCUT2D eigenvalue weighted by Gasteiger charge is 2.33. The molecule has 17 heavy (non-hydrogen) atoms. The van der Waals surface area contributed by atoms with Crippen molar-refractivity contribution < 1.29 is 4.39 Å². The Labute approximate surface area is 103 Å². The molecule has 0 aliphatic carbocycles. The van der Waals surface area contributed by atoms with Crippen molar-refractivity contribution in [2.45, 2.75) is 24.8 Å². The first-order chi connectivity index (χ1) is 8.15. The van der Waals surface area contributed by atoms with E-state index in [1.807, 2.05) is 19.2 Å². The van der Waals surface area contributed by atoms with Crippen LogP contribution in [0.15, 0.2) is 24.3 Å². The highest BCUT2D eigenvalue weighted by Crippen LogP contribution is 2.25. The van der Waals surface area contributed by atoms with Crippen molar-refractivity contribution >= 4 is 0 Å². The second-order valence-electron chi connectivity index (χ2n) is 5.14. The molecule has 1 aliphatic rings. The molecule has 1 fully saturated rings. The molecule has 1 aromatic carbocycles. The lowest BCUT2D eigenvalue weighted by molar-refractivity contribution is 0.150. The first-order valence-corrected chi connectivity index (χ1v) is 6.26. The van der Waals surface area contributed by atoms with E-state index in [2.05, 4.69) is 17.3 Å². The minimum Gasteiger partial charge on any atom is -0.313 e. The summed E-state index contributed by atoms with van der Waals surface area (Å²) >= 11 is 0. The number of benzene rings is 1. The molecular weight excluding hydrogens is 215 g/mol. The van der Waals surface area contributed by atoms with Gasteiger partial charge in [-0.2, -0.15) is 0 Å². The van der Waals surface area contributed by atoms with E-state index in [0.717, 1.165) is 31.5 Å². The molecule has 2 nitrogen and oxygen atoms in total. The molecule has 1 heterocycles. The van der Waals surface area contributed by atoms with Crippen LogP contribution in [0.25, 0.3) is 0 Å². The van der Waals surface area contributed by atoms with Gasteiger partial charge in [0.05, 0.1) is 0 Å². The van der Waals surface area contributed by atoms with Gasteiger partial charge in [0, 0.05) is 12.1 Å². The van der Waals surface area contributed by atoms with Crippen LogP contribution in [0.2, 0.25) is 0 Å². The van der Waals surface area contributed by atoms with Crippen LogP contribution in [0.4, 0.5) is 4.39 Å². The Hall–Kier alpha value is -0.930. The molecule has 2 rings (SSSR count). The number of likely N-dealkylation sites (tertiary alicyclic amines) is 1. The summed E-state index contributed by atoms with van der Waals surface area (Å²) in [6.45, 7) is 2.12.